The Balaban J connectivity index is 1.40. The van der Waals surface area contributed by atoms with Gasteiger partial charge in [-0.3, -0.25) is 4.79 Å². The first kappa shape index (κ1) is 17.4. The molecule has 2 N–H and O–H groups in total. The SMILES string of the molecule is O=C1Cc2cc(S(=O)(=O)NCCc3nnc(-c4ccccc4)o3)ccc2N1. The number of benzene rings is 2. The Labute approximate surface area is 155 Å². The van der Waals surface area contributed by atoms with Crippen molar-refractivity contribution in [2.75, 3.05) is 11.9 Å². The van der Waals surface area contributed by atoms with E-state index in [4.69, 9.17) is 4.42 Å². The normalized spacial score (nSPS) is 13.4. The highest BCUT2D eigenvalue weighted by atomic mass is 32.2. The molecule has 2 heterocycles. The minimum Gasteiger partial charge on any atom is -0.421 e. The van der Waals surface area contributed by atoms with Crippen molar-refractivity contribution >= 4 is 21.6 Å². The Kier molecular flexibility index (Phi) is 4.46. The number of amides is 1. The number of hydrogen-bond acceptors (Lipinski definition) is 6. The lowest BCUT2D eigenvalue weighted by Crippen LogP contribution is -2.26. The molecule has 0 saturated heterocycles. The minimum atomic E-state index is -3.69. The van der Waals surface area contributed by atoms with Gasteiger partial charge in [-0.15, -0.1) is 10.2 Å². The smallest absolute Gasteiger partial charge is 0.247 e. The van der Waals surface area contributed by atoms with Crippen LogP contribution >= 0.6 is 0 Å². The van der Waals surface area contributed by atoms with E-state index < -0.39 is 10.0 Å². The van der Waals surface area contributed by atoms with Crippen LogP contribution in [0.3, 0.4) is 0 Å². The summed E-state index contributed by atoms with van der Waals surface area (Å²) >= 11 is 0. The average molecular weight is 384 g/mol. The summed E-state index contributed by atoms with van der Waals surface area (Å²) in [5.41, 5.74) is 2.13. The van der Waals surface area contributed by atoms with Gasteiger partial charge in [-0.2, -0.15) is 0 Å². The average Bonchev–Trinajstić information content (AvgIpc) is 3.27. The quantitative estimate of drug-likeness (QED) is 0.669. The highest BCUT2D eigenvalue weighted by Crippen LogP contribution is 2.25. The van der Waals surface area contributed by atoms with Crippen molar-refractivity contribution in [1.29, 1.82) is 0 Å². The summed E-state index contributed by atoms with van der Waals surface area (Å²) in [6, 6.07) is 13.9. The van der Waals surface area contributed by atoms with E-state index in [2.05, 4.69) is 20.2 Å². The van der Waals surface area contributed by atoms with Crippen molar-refractivity contribution in [1.82, 2.24) is 14.9 Å². The Morgan fingerprint density at radius 2 is 1.93 bits per heavy atom. The molecule has 9 heteroatoms. The molecule has 8 nitrogen and oxygen atoms in total. The molecule has 0 saturated carbocycles. The van der Waals surface area contributed by atoms with E-state index in [1.54, 1.807) is 6.07 Å². The molecule has 0 aliphatic carbocycles. The fourth-order valence-electron chi connectivity index (χ4n) is 2.80. The maximum Gasteiger partial charge on any atom is 0.247 e. The number of nitrogens with zero attached hydrogens (tertiary/aromatic N) is 2. The molecular formula is C18H16N4O4S. The van der Waals surface area contributed by atoms with Gasteiger partial charge >= 0.3 is 0 Å². The largest absolute Gasteiger partial charge is 0.421 e. The zero-order valence-corrected chi connectivity index (χ0v) is 15.0. The lowest BCUT2D eigenvalue weighted by atomic mass is 10.2. The molecule has 2 aromatic carbocycles. The summed E-state index contributed by atoms with van der Waals surface area (Å²) in [5, 5.41) is 10.6. The lowest BCUT2D eigenvalue weighted by Gasteiger charge is -2.07. The van der Waals surface area contributed by atoms with Crippen LogP contribution in [0.2, 0.25) is 0 Å². The summed E-state index contributed by atoms with van der Waals surface area (Å²) in [4.78, 5) is 11.5. The molecule has 3 aromatic rings. The summed E-state index contributed by atoms with van der Waals surface area (Å²) in [5.74, 6) is 0.600. The molecule has 0 unspecified atom stereocenters. The van der Waals surface area contributed by atoms with Crippen molar-refractivity contribution in [3.8, 4) is 11.5 Å². The number of carbonyl (C=O) groups is 1. The first-order valence-electron chi connectivity index (χ1n) is 8.31. The monoisotopic (exact) mass is 384 g/mol. The minimum absolute atomic E-state index is 0.118. The number of aromatic nitrogens is 2. The number of rotatable bonds is 6. The number of hydrogen-bond donors (Lipinski definition) is 2. The van der Waals surface area contributed by atoms with Gasteiger partial charge in [0.2, 0.25) is 27.7 Å². The van der Waals surface area contributed by atoms with Crippen LogP contribution in [0, 0.1) is 0 Å². The number of anilines is 1. The molecule has 0 radical (unpaired) electrons. The highest BCUT2D eigenvalue weighted by Gasteiger charge is 2.21. The molecule has 0 fully saturated rings. The van der Waals surface area contributed by atoms with Crippen molar-refractivity contribution in [3.63, 3.8) is 0 Å². The Bertz CT molecular complexity index is 1090. The van der Waals surface area contributed by atoms with Crippen LogP contribution in [-0.4, -0.2) is 31.1 Å². The second-order valence-corrected chi connectivity index (χ2v) is 7.83. The summed E-state index contributed by atoms with van der Waals surface area (Å²) < 4.78 is 33.0. The van der Waals surface area contributed by atoms with Gasteiger partial charge in [-0.25, -0.2) is 13.1 Å². The molecule has 27 heavy (non-hydrogen) atoms. The Morgan fingerprint density at radius 1 is 1.11 bits per heavy atom. The van der Waals surface area contributed by atoms with Gasteiger partial charge in [-0.1, -0.05) is 18.2 Å². The van der Waals surface area contributed by atoms with E-state index >= 15 is 0 Å². The van der Waals surface area contributed by atoms with Crippen LogP contribution in [0.25, 0.3) is 11.5 Å². The van der Waals surface area contributed by atoms with E-state index in [-0.39, 0.29) is 30.2 Å². The number of carbonyl (C=O) groups excluding carboxylic acids is 1. The predicted molar refractivity (Wildman–Crippen MR) is 97.4 cm³/mol. The second kappa shape index (κ2) is 6.93. The number of nitrogens with one attached hydrogen (secondary N) is 2. The Morgan fingerprint density at radius 3 is 2.74 bits per heavy atom. The summed E-state index contributed by atoms with van der Waals surface area (Å²) in [7, 11) is -3.69. The van der Waals surface area contributed by atoms with Crippen LogP contribution in [0.1, 0.15) is 11.5 Å². The fraction of sp³-hybridized carbons (Fsp3) is 0.167. The lowest BCUT2D eigenvalue weighted by molar-refractivity contribution is -0.115. The molecule has 4 rings (SSSR count). The van der Waals surface area contributed by atoms with E-state index in [0.29, 0.717) is 23.0 Å². The van der Waals surface area contributed by atoms with Crippen LogP contribution in [0.15, 0.2) is 57.8 Å². The van der Waals surface area contributed by atoms with Gasteiger partial charge < -0.3 is 9.73 Å². The van der Waals surface area contributed by atoms with Crippen molar-refractivity contribution in [2.45, 2.75) is 17.7 Å². The molecule has 1 aliphatic rings. The van der Waals surface area contributed by atoms with Gasteiger partial charge in [0.05, 0.1) is 11.3 Å². The van der Waals surface area contributed by atoms with Crippen LogP contribution in [-0.2, 0) is 27.7 Å². The van der Waals surface area contributed by atoms with Crippen LogP contribution in [0.5, 0.6) is 0 Å². The standard InChI is InChI=1S/C18H16N4O4S/c23-16-11-13-10-14(6-7-15(13)20-16)27(24,25)19-9-8-17-21-22-18(26-17)12-4-2-1-3-5-12/h1-7,10,19H,8-9,11H2,(H,20,23). The molecule has 0 spiro atoms. The maximum atomic E-state index is 12.4. The maximum absolute atomic E-state index is 12.4. The van der Waals surface area contributed by atoms with Gasteiger partial charge in [-0.05, 0) is 35.9 Å². The van der Waals surface area contributed by atoms with Gasteiger partial charge in [0.25, 0.3) is 0 Å². The third-order valence-electron chi connectivity index (χ3n) is 4.13. The molecule has 1 amide bonds. The number of sulfonamides is 1. The van der Waals surface area contributed by atoms with E-state index in [9.17, 15) is 13.2 Å². The van der Waals surface area contributed by atoms with Gasteiger partial charge in [0.1, 0.15) is 0 Å². The molecule has 0 atom stereocenters. The van der Waals surface area contributed by atoms with Gasteiger partial charge in [0.15, 0.2) is 0 Å². The predicted octanol–water partition coefficient (Wildman–Crippen LogP) is 1.75. The molecular weight excluding hydrogens is 368 g/mol. The van der Waals surface area contributed by atoms with E-state index in [1.807, 2.05) is 30.3 Å². The van der Waals surface area contributed by atoms with Crippen LogP contribution < -0.4 is 10.0 Å². The highest BCUT2D eigenvalue weighted by molar-refractivity contribution is 7.89. The molecule has 0 bridgehead atoms. The molecule has 138 valence electrons. The first-order valence-corrected chi connectivity index (χ1v) is 9.80. The summed E-state index contributed by atoms with van der Waals surface area (Å²) in [6.45, 7) is 0.118. The topological polar surface area (TPSA) is 114 Å². The van der Waals surface area contributed by atoms with Crippen molar-refractivity contribution in [2.24, 2.45) is 0 Å². The zero-order valence-electron chi connectivity index (χ0n) is 14.2. The second-order valence-electron chi connectivity index (χ2n) is 6.06. The van der Waals surface area contributed by atoms with E-state index in [1.165, 1.54) is 12.1 Å². The van der Waals surface area contributed by atoms with Crippen molar-refractivity contribution in [3.05, 3.63) is 60.0 Å². The van der Waals surface area contributed by atoms with Crippen LogP contribution in [0.4, 0.5) is 5.69 Å². The van der Waals surface area contributed by atoms with E-state index in [0.717, 1.165) is 5.56 Å². The molecule has 1 aromatic heterocycles. The summed E-state index contributed by atoms with van der Waals surface area (Å²) in [6.07, 6.45) is 0.451. The molecule has 1 aliphatic heterocycles. The third-order valence-corrected chi connectivity index (χ3v) is 5.59. The third kappa shape index (κ3) is 3.74. The zero-order chi connectivity index (χ0) is 18.9. The van der Waals surface area contributed by atoms with Gasteiger partial charge in [0, 0.05) is 24.2 Å². The fourth-order valence-corrected chi connectivity index (χ4v) is 3.88. The Hall–Kier alpha value is -3.04. The first-order chi connectivity index (χ1) is 13.0. The van der Waals surface area contributed by atoms with Crippen molar-refractivity contribution < 1.29 is 17.6 Å². The number of fused-ring (bicyclic) bond motifs is 1.